The van der Waals surface area contributed by atoms with E-state index >= 15 is 4.39 Å². The lowest BCUT2D eigenvalue weighted by Crippen LogP contribution is -2.62. The Balaban J connectivity index is 1.26. The quantitative estimate of drug-likeness (QED) is 0.145. The predicted molar refractivity (Wildman–Crippen MR) is 257 cm³/mol. The summed E-state index contributed by atoms with van der Waals surface area (Å²) < 4.78 is 85.6. The summed E-state index contributed by atoms with van der Waals surface area (Å²) in [5.74, 6) is -3.01. The van der Waals surface area contributed by atoms with Crippen LogP contribution in [0.1, 0.15) is 69.8 Å². The van der Waals surface area contributed by atoms with E-state index in [1.54, 1.807) is 44.3 Å². The highest BCUT2D eigenvalue weighted by atomic mass is 32.1. The standard InChI is InChI=1S/C49H63F4N9O8S/c1-28(2)42(58(6)47(66)60-13-17-69-18-14-60)44(63)56-37-22-40-55-38(25-71-40)32-20-31-34(23-48(4,5)27-70-46(65)36-9-8-10-62(57-36)45(37)64)43(61(26-49(51,52)53)39(31)21-35(32)50)33-19-30(59-11-15-68-16-12-59)24-54-41(33)29(3)67-7/h19-21,24-25,28-29,36-37,42,57H,8-18,22-23,26-27H2,1-7H3,(H,56,63)/t29-,36-,37-,42-/m0/s1. The Labute approximate surface area is 414 Å². The molecule has 0 radical (unpaired) electrons. The normalized spacial score (nSPS) is 21.2. The second-order valence-electron chi connectivity index (χ2n) is 19.8. The SMILES string of the molecule is CO[C@@H](C)c1ncc(N2CCOCC2)cc1-c1c2c3cc(c(F)cc3n1CC(F)(F)F)-c1csc(n1)C[C@H](NC(=O)[C@H](C(C)C)N(C)C(=O)N1CCOCC1)C(=O)N1CCC[C@H](N1)C(=O)OCC(C)(C)C2. The number of fused-ring (bicyclic) bond motifs is 6. The van der Waals surface area contributed by atoms with E-state index < -0.39 is 66.0 Å². The average molecular weight is 1010 g/mol. The monoisotopic (exact) mass is 1010 g/mol. The maximum atomic E-state index is 16.9. The molecule has 0 unspecified atom stereocenters. The number of alkyl halides is 3. The molecule has 3 aromatic heterocycles. The Morgan fingerprint density at radius 2 is 1.73 bits per heavy atom. The van der Waals surface area contributed by atoms with Crippen LogP contribution in [0.5, 0.6) is 0 Å². The van der Waals surface area contributed by atoms with Gasteiger partial charge in [-0.25, -0.2) is 19.6 Å². The highest BCUT2D eigenvalue weighted by molar-refractivity contribution is 7.10. The minimum atomic E-state index is -4.75. The lowest BCUT2D eigenvalue weighted by atomic mass is 9.84. The van der Waals surface area contributed by atoms with Crippen LogP contribution in [0.15, 0.2) is 29.8 Å². The fraction of sp³-hybridized carbons (Fsp3) is 0.592. The zero-order chi connectivity index (χ0) is 50.9. The molecule has 4 aromatic rings. The first-order chi connectivity index (χ1) is 33.7. The molecule has 4 atom stereocenters. The number of nitrogens with one attached hydrogen (secondary N) is 2. The van der Waals surface area contributed by atoms with Crippen molar-refractivity contribution < 1.29 is 55.7 Å². The second kappa shape index (κ2) is 21.3. The van der Waals surface area contributed by atoms with Crippen LogP contribution < -0.4 is 15.6 Å². The molecule has 1 aromatic carbocycles. The van der Waals surface area contributed by atoms with Crippen LogP contribution in [0, 0.1) is 17.2 Å². The number of carbonyl (C=O) groups excluding carboxylic acids is 4. The Hall–Kier alpha value is -5.42. The summed E-state index contributed by atoms with van der Waals surface area (Å²) >= 11 is 1.12. The number of pyridine rings is 1. The van der Waals surface area contributed by atoms with Crippen molar-refractivity contribution >= 4 is 51.7 Å². The molecule has 4 aliphatic heterocycles. The summed E-state index contributed by atoms with van der Waals surface area (Å²) in [5, 5.41) is 6.46. The Bertz CT molecular complexity index is 2610. The van der Waals surface area contributed by atoms with Crippen LogP contribution in [0.2, 0.25) is 0 Å². The van der Waals surface area contributed by atoms with E-state index in [1.807, 2.05) is 24.8 Å². The van der Waals surface area contributed by atoms with E-state index in [9.17, 15) is 32.3 Å². The van der Waals surface area contributed by atoms with Gasteiger partial charge in [0.15, 0.2) is 0 Å². The van der Waals surface area contributed by atoms with Crippen molar-refractivity contribution in [2.75, 3.05) is 84.8 Å². The molecule has 0 saturated carbocycles. The van der Waals surface area contributed by atoms with E-state index in [4.69, 9.17) is 28.9 Å². The molecule has 8 rings (SSSR count). The molecule has 22 heteroatoms. The number of ether oxygens (including phenoxy) is 4. The van der Waals surface area contributed by atoms with Gasteiger partial charge in [0.1, 0.15) is 30.5 Å². The number of nitrogens with zero attached hydrogens (tertiary/aromatic N) is 7. The topological polar surface area (TPSA) is 173 Å². The van der Waals surface area contributed by atoms with Crippen LogP contribution >= 0.6 is 11.3 Å². The number of esters is 1. The number of amides is 4. The smallest absolute Gasteiger partial charge is 0.406 e. The second-order valence-corrected chi connectivity index (χ2v) is 20.8. The number of carbonyl (C=O) groups is 4. The van der Waals surface area contributed by atoms with E-state index in [2.05, 4.69) is 10.7 Å². The molecule has 386 valence electrons. The minimum absolute atomic E-state index is 0.00329. The van der Waals surface area contributed by atoms with Gasteiger partial charge in [0.2, 0.25) is 5.91 Å². The van der Waals surface area contributed by atoms with Gasteiger partial charge in [-0.05, 0) is 55.9 Å². The molecule has 3 saturated heterocycles. The predicted octanol–water partition coefficient (Wildman–Crippen LogP) is 6.13. The molecule has 71 heavy (non-hydrogen) atoms. The lowest BCUT2D eigenvalue weighted by molar-refractivity contribution is -0.155. The zero-order valence-corrected chi connectivity index (χ0v) is 42.0. The molecule has 0 spiro atoms. The first kappa shape index (κ1) is 51.9. The van der Waals surface area contributed by atoms with Crippen LogP contribution in [0.3, 0.4) is 0 Å². The first-order valence-corrected chi connectivity index (χ1v) is 25.0. The molecule has 3 fully saturated rings. The number of cyclic esters (lactones) is 1. The van der Waals surface area contributed by atoms with E-state index in [-0.39, 0.29) is 60.4 Å². The van der Waals surface area contributed by atoms with Gasteiger partial charge >= 0.3 is 18.2 Å². The Morgan fingerprint density at radius 3 is 2.41 bits per heavy atom. The number of halogens is 4. The van der Waals surface area contributed by atoms with Gasteiger partial charge < -0.3 is 43.5 Å². The van der Waals surface area contributed by atoms with Gasteiger partial charge in [0, 0.05) is 80.6 Å². The number of hydrogen-bond donors (Lipinski definition) is 2. The van der Waals surface area contributed by atoms with Crippen LogP contribution in [-0.2, 0) is 52.7 Å². The molecule has 4 aliphatic rings. The molecular formula is C49H63F4N9O8S. The van der Waals surface area contributed by atoms with Gasteiger partial charge in [-0.15, -0.1) is 11.3 Å². The summed E-state index contributed by atoms with van der Waals surface area (Å²) in [7, 11) is 3.03. The van der Waals surface area contributed by atoms with Crippen molar-refractivity contribution in [3.05, 3.63) is 51.9 Å². The number of likely N-dealkylation sites (N-methyl/N-ethyl adjacent to an activating group) is 1. The molecule has 2 N–H and O–H groups in total. The molecule has 4 amide bonds. The number of urea groups is 1. The van der Waals surface area contributed by atoms with Crippen LogP contribution in [0.4, 0.5) is 28.0 Å². The summed E-state index contributed by atoms with van der Waals surface area (Å²) in [6, 6.07) is 0.846. The van der Waals surface area contributed by atoms with Gasteiger partial charge in [-0.2, -0.15) is 13.2 Å². The third-order valence-corrected chi connectivity index (χ3v) is 14.5. The maximum absolute atomic E-state index is 16.9. The van der Waals surface area contributed by atoms with Gasteiger partial charge in [-0.3, -0.25) is 24.4 Å². The van der Waals surface area contributed by atoms with Gasteiger partial charge in [0.05, 0.1) is 78.6 Å². The number of anilines is 1. The maximum Gasteiger partial charge on any atom is 0.406 e. The number of thiazole rings is 1. The third kappa shape index (κ3) is 11.5. The number of hydrazine groups is 1. The number of benzene rings is 1. The number of hydrogen-bond acceptors (Lipinski definition) is 13. The fourth-order valence-electron chi connectivity index (χ4n) is 9.93. The van der Waals surface area contributed by atoms with Crippen molar-refractivity contribution in [1.29, 1.82) is 0 Å². The Morgan fingerprint density at radius 1 is 1.03 bits per heavy atom. The minimum Gasteiger partial charge on any atom is -0.464 e. The molecule has 0 aliphatic carbocycles. The van der Waals surface area contributed by atoms with Crippen molar-refractivity contribution in [3.8, 4) is 22.5 Å². The molecular weight excluding hydrogens is 951 g/mol. The van der Waals surface area contributed by atoms with Crippen LogP contribution in [-0.4, -0.2) is 157 Å². The van der Waals surface area contributed by atoms with Gasteiger partial charge in [0.25, 0.3) is 5.91 Å². The van der Waals surface area contributed by atoms with E-state index in [1.165, 1.54) is 23.1 Å². The number of morpholine rings is 2. The summed E-state index contributed by atoms with van der Waals surface area (Å²) in [4.78, 5) is 71.2. The van der Waals surface area contributed by atoms with Gasteiger partial charge in [-0.1, -0.05) is 27.7 Å². The third-order valence-electron chi connectivity index (χ3n) is 13.6. The van der Waals surface area contributed by atoms with Crippen molar-refractivity contribution in [1.82, 2.24) is 40.1 Å². The zero-order valence-electron chi connectivity index (χ0n) is 41.2. The number of aromatic nitrogens is 3. The summed E-state index contributed by atoms with van der Waals surface area (Å²) in [5.41, 5.74) is 4.28. The summed E-state index contributed by atoms with van der Waals surface area (Å²) in [6.45, 7) is 11.0. The highest BCUT2D eigenvalue weighted by Crippen LogP contribution is 2.45. The Kier molecular flexibility index (Phi) is 15.6. The number of methoxy groups -OCH3 is 1. The fourth-order valence-corrected chi connectivity index (χ4v) is 10.8. The average Bonchev–Trinajstić information content (AvgIpc) is 3.92. The summed E-state index contributed by atoms with van der Waals surface area (Å²) in [6.07, 6.45) is -3.08. The number of rotatable bonds is 9. The highest BCUT2D eigenvalue weighted by Gasteiger charge is 2.40. The molecule has 7 heterocycles. The first-order valence-electron chi connectivity index (χ1n) is 24.1. The molecule has 17 nitrogen and oxygen atoms in total. The van der Waals surface area contributed by atoms with Crippen molar-refractivity contribution in [3.63, 3.8) is 0 Å². The van der Waals surface area contributed by atoms with Crippen molar-refractivity contribution in [2.45, 2.75) is 97.3 Å². The van der Waals surface area contributed by atoms with Crippen LogP contribution in [0.25, 0.3) is 33.4 Å². The lowest BCUT2D eigenvalue weighted by Gasteiger charge is -2.38. The molecule has 6 bridgehead atoms. The van der Waals surface area contributed by atoms with Crippen molar-refractivity contribution in [2.24, 2.45) is 11.3 Å². The largest absolute Gasteiger partial charge is 0.464 e. The van der Waals surface area contributed by atoms with E-state index in [0.717, 1.165) is 22.0 Å². The van der Waals surface area contributed by atoms with E-state index in [0.29, 0.717) is 98.4 Å².